The lowest BCUT2D eigenvalue weighted by Gasteiger charge is -2.20. The highest BCUT2D eigenvalue weighted by Crippen LogP contribution is 2.32. The molecule has 4 atom stereocenters. The molecule has 0 saturated carbocycles. The number of carboxylic acids is 1. The van der Waals surface area contributed by atoms with Crippen LogP contribution in [0.15, 0.2) is 30.7 Å². The average molecular weight is 358 g/mol. The number of imidazole rings is 1. The fraction of sp³-hybridized carbons (Fsp3) is 0.471. The van der Waals surface area contributed by atoms with E-state index in [4.69, 9.17) is 0 Å². The number of nitrogens with zero attached hydrogens (tertiary/aromatic N) is 3. The first-order chi connectivity index (χ1) is 12.5. The number of carbonyl (C=O) groups excluding carboxylic acids is 1. The fourth-order valence-electron chi connectivity index (χ4n) is 3.96. The van der Waals surface area contributed by atoms with Crippen molar-refractivity contribution in [1.29, 1.82) is 0 Å². The number of aromatic nitrogens is 3. The SMILES string of the molecule is Cn1cccc1C1CC(C(=O)N2C[C@H](C(=O)O)[C@@H](c3ncc[nH]3)C2)NN1. The van der Waals surface area contributed by atoms with Gasteiger partial charge in [-0.1, -0.05) is 0 Å². The first-order valence-corrected chi connectivity index (χ1v) is 8.67. The van der Waals surface area contributed by atoms with Gasteiger partial charge in [-0.25, -0.2) is 15.8 Å². The predicted molar refractivity (Wildman–Crippen MR) is 91.9 cm³/mol. The Bertz CT molecular complexity index is 801. The number of aromatic amines is 1. The number of likely N-dealkylation sites (tertiary alicyclic amines) is 1. The summed E-state index contributed by atoms with van der Waals surface area (Å²) in [6.45, 7) is 0.558. The van der Waals surface area contributed by atoms with Gasteiger partial charge < -0.3 is 19.6 Å². The number of H-pyrrole nitrogens is 1. The number of nitrogens with one attached hydrogen (secondary N) is 3. The molecule has 138 valence electrons. The standard InChI is InChI=1S/C17H22N6O3/c1-22-6-2-3-14(22)12-7-13(21-20-12)16(24)23-8-10(11(9-23)17(25)26)15-18-4-5-19-15/h2-6,10-13,20-21H,7-9H2,1H3,(H,18,19)(H,25,26)/t10-,11-,12?,13?/m0/s1. The molecule has 9 heteroatoms. The number of aryl methyl sites for hydroxylation is 1. The number of carbonyl (C=O) groups is 2. The molecule has 0 spiro atoms. The zero-order chi connectivity index (χ0) is 18.3. The molecule has 4 rings (SSSR count). The minimum Gasteiger partial charge on any atom is -0.481 e. The van der Waals surface area contributed by atoms with Crippen LogP contribution in [0, 0.1) is 5.92 Å². The van der Waals surface area contributed by atoms with Gasteiger partial charge in [0, 0.05) is 50.3 Å². The number of amides is 1. The van der Waals surface area contributed by atoms with Crippen LogP contribution in [0.2, 0.25) is 0 Å². The zero-order valence-corrected chi connectivity index (χ0v) is 14.4. The Hall–Kier alpha value is -2.65. The van der Waals surface area contributed by atoms with Gasteiger partial charge in [-0.2, -0.15) is 0 Å². The van der Waals surface area contributed by atoms with Crippen LogP contribution in [0.3, 0.4) is 0 Å². The third kappa shape index (κ3) is 2.89. The quantitative estimate of drug-likeness (QED) is 0.611. The van der Waals surface area contributed by atoms with Gasteiger partial charge in [0.25, 0.3) is 0 Å². The molecule has 0 aliphatic carbocycles. The number of hydrazine groups is 1. The minimum atomic E-state index is -0.902. The van der Waals surface area contributed by atoms with Crippen LogP contribution >= 0.6 is 0 Å². The van der Waals surface area contributed by atoms with Gasteiger partial charge in [0.05, 0.1) is 12.0 Å². The second-order valence-corrected chi connectivity index (χ2v) is 6.94. The normalized spacial score (nSPS) is 28.6. The maximum atomic E-state index is 12.9. The number of carboxylic acid groups (broad SMARTS) is 1. The molecule has 2 saturated heterocycles. The summed E-state index contributed by atoms with van der Waals surface area (Å²) in [5.74, 6) is -1.32. The molecule has 2 aromatic rings. The number of hydrogen-bond donors (Lipinski definition) is 4. The minimum absolute atomic E-state index is 0.0442. The molecule has 2 fully saturated rings. The summed E-state index contributed by atoms with van der Waals surface area (Å²) in [4.78, 5) is 33.4. The largest absolute Gasteiger partial charge is 0.481 e. The summed E-state index contributed by atoms with van der Waals surface area (Å²) in [6, 6.07) is 3.66. The Kier molecular flexibility index (Phi) is 4.25. The van der Waals surface area contributed by atoms with Crippen LogP contribution in [0.1, 0.15) is 29.9 Å². The third-order valence-electron chi connectivity index (χ3n) is 5.36. The number of aliphatic carboxylic acids is 1. The molecule has 2 aliphatic rings. The van der Waals surface area contributed by atoms with E-state index in [1.807, 2.05) is 29.9 Å². The van der Waals surface area contributed by atoms with Crippen LogP contribution < -0.4 is 10.9 Å². The van der Waals surface area contributed by atoms with Crippen molar-refractivity contribution < 1.29 is 14.7 Å². The summed E-state index contributed by atoms with van der Waals surface area (Å²) in [5.41, 5.74) is 7.34. The summed E-state index contributed by atoms with van der Waals surface area (Å²) in [7, 11) is 1.97. The van der Waals surface area contributed by atoms with Crippen LogP contribution in [0.25, 0.3) is 0 Å². The smallest absolute Gasteiger partial charge is 0.309 e. The van der Waals surface area contributed by atoms with Crippen molar-refractivity contribution in [2.75, 3.05) is 13.1 Å². The van der Waals surface area contributed by atoms with Crippen molar-refractivity contribution in [3.63, 3.8) is 0 Å². The first kappa shape index (κ1) is 16.8. The molecule has 2 unspecified atom stereocenters. The second kappa shape index (κ2) is 6.58. The fourth-order valence-corrected chi connectivity index (χ4v) is 3.96. The summed E-state index contributed by atoms with van der Waals surface area (Å²) in [5, 5.41) is 9.53. The molecule has 0 bridgehead atoms. The van der Waals surface area contributed by atoms with Gasteiger partial charge in [0.1, 0.15) is 11.9 Å². The van der Waals surface area contributed by atoms with Crippen molar-refractivity contribution in [3.05, 3.63) is 42.2 Å². The molecular formula is C17H22N6O3. The highest BCUT2D eigenvalue weighted by molar-refractivity contribution is 5.84. The van der Waals surface area contributed by atoms with Gasteiger partial charge in [-0.05, 0) is 18.6 Å². The maximum Gasteiger partial charge on any atom is 0.309 e. The molecule has 0 aromatic carbocycles. The Morgan fingerprint density at radius 1 is 1.31 bits per heavy atom. The van der Waals surface area contributed by atoms with Crippen LogP contribution in [-0.2, 0) is 16.6 Å². The van der Waals surface area contributed by atoms with E-state index in [0.29, 0.717) is 18.8 Å². The van der Waals surface area contributed by atoms with E-state index in [1.54, 1.807) is 17.3 Å². The summed E-state index contributed by atoms with van der Waals surface area (Å²) < 4.78 is 2.02. The zero-order valence-electron chi connectivity index (χ0n) is 14.4. The third-order valence-corrected chi connectivity index (χ3v) is 5.36. The molecular weight excluding hydrogens is 336 g/mol. The van der Waals surface area contributed by atoms with Crippen LogP contribution in [0.4, 0.5) is 0 Å². The van der Waals surface area contributed by atoms with Gasteiger partial charge in [-0.3, -0.25) is 9.59 Å². The molecule has 1 amide bonds. The van der Waals surface area contributed by atoms with E-state index in [2.05, 4.69) is 20.8 Å². The summed E-state index contributed by atoms with van der Waals surface area (Å²) in [6.07, 6.45) is 5.87. The lowest BCUT2D eigenvalue weighted by Crippen LogP contribution is -2.45. The average Bonchev–Trinajstić information content (AvgIpc) is 3.38. The van der Waals surface area contributed by atoms with E-state index in [-0.39, 0.29) is 30.5 Å². The topological polar surface area (TPSA) is 115 Å². The number of rotatable bonds is 4. The van der Waals surface area contributed by atoms with Crippen molar-refractivity contribution in [2.45, 2.75) is 24.4 Å². The molecule has 26 heavy (non-hydrogen) atoms. The van der Waals surface area contributed by atoms with Gasteiger partial charge in [0.2, 0.25) is 5.91 Å². The van der Waals surface area contributed by atoms with Crippen LogP contribution in [-0.4, -0.2) is 55.5 Å². The predicted octanol–water partition coefficient (Wildman–Crippen LogP) is -0.0174. The molecule has 2 aliphatic heterocycles. The summed E-state index contributed by atoms with van der Waals surface area (Å²) >= 11 is 0. The first-order valence-electron chi connectivity index (χ1n) is 8.67. The second-order valence-electron chi connectivity index (χ2n) is 6.94. The molecule has 9 nitrogen and oxygen atoms in total. The van der Waals surface area contributed by atoms with E-state index in [1.165, 1.54) is 0 Å². The van der Waals surface area contributed by atoms with E-state index in [9.17, 15) is 14.7 Å². The Morgan fingerprint density at radius 2 is 2.15 bits per heavy atom. The van der Waals surface area contributed by atoms with Crippen molar-refractivity contribution in [1.82, 2.24) is 30.3 Å². The highest BCUT2D eigenvalue weighted by Gasteiger charge is 2.44. The highest BCUT2D eigenvalue weighted by atomic mass is 16.4. The molecule has 4 N–H and O–H groups in total. The van der Waals surface area contributed by atoms with E-state index in [0.717, 1.165) is 5.69 Å². The Balaban J connectivity index is 1.45. The Morgan fingerprint density at radius 3 is 2.81 bits per heavy atom. The van der Waals surface area contributed by atoms with Gasteiger partial charge >= 0.3 is 5.97 Å². The van der Waals surface area contributed by atoms with E-state index >= 15 is 0 Å². The Labute approximate surface area is 150 Å². The van der Waals surface area contributed by atoms with Crippen molar-refractivity contribution in [2.24, 2.45) is 13.0 Å². The maximum absolute atomic E-state index is 12.9. The molecule has 2 aromatic heterocycles. The molecule has 4 heterocycles. The lowest BCUT2D eigenvalue weighted by molar-refractivity contribution is -0.142. The van der Waals surface area contributed by atoms with Crippen molar-refractivity contribution >= 4 is 11.9 Å². The van der Waals surface area contributed by atoms with E-state index < -0.39 is 11.9 Å². The van der Waals surface area contributed by atoms with Crippen LogP contribution in [0.5, 0.6) is 0 Å². The lowest BCUT2D eigenvalue weighted by atomic mass is 9.96. The van der Waals surface area contributed by atoms with Gasteiger partial charge in [0.15, 0.2) is 0 Å². The number of hydrogen-bond acceptors (Lipinski definition) is 5. The van der Waals surface area contributed by atoms with Crippen molar-refractivity contribution in [3.8, 4) is 0 Å². The van der Waals surface area contributed by atoms with Gasteiger partial charge in [-0.15, -0.1) is 0 Å². The molecule has 0 radical (unpaired) electrons. The monoisotopic (exact) mass is 358 g/mol.